The van der Waals surface area contributed by atoms with Gasteiger partial charge in [-0.05, 0) is 41.8 Å². The van der Waals surface area contributed by atoms with Crippen molar-refractivity contribution in [2.75, 3.05) is 0 Å². The minimum absolute atomic E-state index is 0.0272. The molecule has 4 nitrogen and oxygen atoms in total. The Morgan fingerprint density at radius 3 is 2.08 bits per heavy atom. The highest BCUT2D eigenvalue weighted by Gasteiger charge is 2.18. The maximum atomic E-state index is 10.6. The third-order valence-corrected chi connectivity index (χ3v) is 2.45. The molecule has 1 rings (SSSR count). The molecule has 0 radical (unpaired) electrons. The smallest absolute Gasteiger partial charge is 0.358 e. The van der Waals surface area contributed by atoms with Gasteiger partial charge in [0.25, 0.3) is 0 Å². The van der Waals surface area contributed by atoms with Crippen molar-refractivity contribution in [3.05, 3.63) is 32.5 Å². The standard InChI is InChI=1S/C9H12N2O2/c1-5-6(2)8(4)10-9(7(5)3)11(12)13/h1-4H3. The maximum absolute atomic E-state index is 10.6. The van der Waals surface area contributed by atoms with Crippen LogP contribution in [-0.2, 0) is 0 Å². The Morgan fingerprint density at radius 1 is 1.08 bits per heavy atom. The lowest BCUT2D eigenvalue weighted by Crippen LogP contribution is -2.02. The molecular weight excluding hydrogens is 168 g/mol. The maximum Gasteiger partial charge on any atom is 0.366 e. The normalized spacial score (nSPS) is 10.2. The quantitative estimate of drug-likeness (QED) is 0.491. The molecule has 0 spiro atoms. The number of hydrogen-bond acceptors (Lipinski definition) is 3. The van der Waals surface area contributed by atoms with Crippen LogP contribution in [-0.4, -0.2) is 9.91 Å². The van der Waals surface area contributed by atoms with Gasteiger partial charge in [-0.2, -0.15) is 0 Å². The van der Waals surface area contributed by atoms with Gasteiger partial charge >= 0.3 is 5.82 Å². The summed E-state index contributed by atoms with van der Waals surface area (Å²) < 4.78 is 0. The molecule has 0 amide bonds. The number of aromatic nitrogens is 1. The first-order valence-corrected chi connectivity index (χ1v) is 4.04. The number of rotatable bonds is 1. The van der Waals surface area contributed by atoms with Crippen LogP contribution in [0.2, 0.25) is 0 Å². The van der Waals surface area contributed by atoms with Crippen LogP contribution in [0.4, 0.5) is 5.82 Å². The number of hydrogen-bond donors (Lipinski definition) is 0. The minimum Gasteiger partial charge on any atom is -0.358 e. The lowest BCUT2D eigenvalue weighted by atomic mass is 10.0. The third kappa shape index (κ3) is 1.52. The van der Waals surface area contributed by atoms with Crippen molar-refractivity contribution in [3.63, 3.8) is 0 Å². The lowest BCUT2D eigenvalue weighted by molar-refractivity contribution is -0.390. The van der Waals surface area contributed by atoms with Crippen molar-refractivity contribution in [2.24, 2.45) is 0 Å². The molecule has 1 aromatic heterocycles. The van der Waals surface area contributed by atoms with Crippen LogP contribution < -0.4 is 0 Å². The zero-order chi connectivity index (χ0) is 10.2. The van der Waals surface area contributed by atoms with Crippen LogP contribution in [0, 0.1) is 37.8 Å². The largest absolute Gasteiger partial charge is 0.366 e. The molecule has 0 saturated carbocycles. The van der Waals surface area contributed by atoms with E-state index in [1.807, 2.05) is 13.8 Å². The molecule has 0 N–H and O–H groups in total. The highest BCUT2D eigenvalue weighted by molar-refractivity contribution is 5.44. The summed E-state index contributed by atoms with van der Waals surface area (Å²) in [5, 5.41) is 10.6. The van der Waals surface area contributed by atoms with Crippen molar-refractivity contribution in [1.82, 2.24) is 4.98 Å². The Balaban J connectivity index is 3.50. The van der Waals surface area contributed by atoms with E-state index in [-0.39, 0.29) is 5.82 Å². The summed E-state index contributed by atoms with van der Waals surface area (Å²) in [4.78, 5) is 14.1. The number of aryl methyl sites for hydroxylation is 1. The first-order chi connectivity index (χ1) is 5.95. The predicted octanol–water partition coefficient (Wildman–Crippen LogP) is 2.22. The minimum atomic E-state index is -0.436. The van der Waals surface area contributed by atoms with Gasteiger partial charge < -0.3 is 10.1 Å². The van der Waals surface area contributed by atoms with Crippen molar-refractivity contribution in [1.29, 1.82) is 0 Å². The van der Waals surface area contributed by atoms with Crippen LogP contribution in [0.1, 0.15) is 22.4 Å². The molecule has 1 aromatic rings. The molecule has 0 aliphatic carbocycles. The zero-order valence-corrected chi connectivity index (χ0v) is 8.21. The Bertz CT molecular complexity index is 372. The van der Waals surface area contributed by atoms with E-state index in [1.165, 1.54) is 0 Å². The summed E-state index contributed by atoms with van der Waals surface area (Å²) in [5.41, 5.74) is 3.38. The topological polar surface area (TPSA) is 56.0 Å². The van der Waals surface area contributed by atoms with E-state index < -0.39 is 4.92 Å². The van der Waals surface area contributed by atoms with E-state index in [2.05, 4.69) is 4.98 Å². The summed E-state index contributed by atoms with van der Waals surface area (Å²) in [7, 11) is 0. The van der Waals surface area contributed by atoms with E-state index in [4.69, 9.17) is 0 Å². The molecule has 4 heteroatoms. The van der Waals surface area contributed by atoms with Gasteiger partial charge in [-0.15, -0.1) is 0 Å². The first-order valence-electron chi connectivity index (χ1n) is 4.04. The number of pyridine rings is 1. The Labute approximate surface area is 76.8 Å². The average Bonchev–Trinajstić information content (AvgIpc) is 2.07. The van der Waals surface area contributed by atoms with E-state index in [0.29, 0.717) is 5.56 Å². The third-order valence-electron chi connectivity index (χ3n) is 2.45. The van der Waals surface area contributed by atoms with Crippen LogP contribution in [0.25, 0.3) is 0 Å². The van der Waals surface area contributed by atoms with Crippen LogP contribution in [0.3, 0.4) is 0 Å². The molecule has 0 unspecified atom stereocenters. The molecule has 1 heterocycles. The summed E-state index contributed by atoms with van der Waals surface area (Å²) in [6.45, 7) is 7.32. The average molecular weight is 180 g/mol. The van der Waals surface area contributed by atoms with E-state index >= 15 is 0 Å². The van der Waals surface area contributed by atoms with Gasteiger partial charge in [-0.1, -0.05) is 0 Å². The fraction of sp³-hybridized carbons (Fsp3) is 0.444. The van der Waals surface area contributed by atoms with Crippen molar-refractivity contribution in [2.45, 2.75) is 27.7 Å². The van der Waals surface area contributed by atoms with Gasteiger partial charge in [0.2, 0.25) is 0 Å². The monoisotopic (exact) mass is 180 g/mol. The van der Waals surface area contributed by atoms with Crippen LogP contribution in [0.15, 0.2) is 0 Å². The fourth-order valence-corrected chi connectivity index (χ4v) is 1.22. The van der Waals surface area contributed by atoms with Gasteiger partial charge in [0, 0.05) is 12.5 Å². The summed E-state index contributed by atoms with van der Waals surface area (Å²) in [6.07, 6.45) is 0. The molecule has 0 atom stereocenters. The van der Waals surface area contributed by atoms with Crippen molar-refractivity contribution >= 4 is 5.82 Å². The first kappa shape index (κ1) is 9.64. The van der Waals surface area contributed by atoms with E-state index in [0.717, 1.165) is 16.8 Å². The molecule has 70 valence electrons. The second-order valence-corrected chi connectivity index (χ2v) is 3.15. The van der Waals surface area contributed by atoms with Crippen molar-refractivity contribution in [3.8, 4) is 0 Å². The summed E-state index contributed by atoms with van der Waals surface area (Å²) in [5.74, 6) is -0.0272. The number of nitrogens with zero attached hydrogens (tertiary/aromatic N) is 2. The fourth-order valence-electron chi connectivity index (χ4n) is 1.22. The van der Waals surface area contributed by atoms with Crippen LogP contribution in [0.5, 0.6) is 0 Å². The lowest BCUT2D eigenvalue weighted by Gasteiger charge is -2.05. The SMILES string of the molecule is Cc1nc([N+](=O)[O-])c(C)c(C)c1C. The highest BCUT2D eigenvalue weighted by atomic mass is 16.6. The van der Waals surface area contributed by atoms with Gasteiger partial charge in [0.1, 0.15) is 0 Å². The van der Waals surface area contributed by atoms with E-state index in [9.17, 15) is 10.1 Å². The molecule has 0 bridgehead atoms. The molecular formula is C9H12N2O2. The summed E-state index contributed by atoms with van der Waals surface area (Å²) >= 11 is 0. The molecule has 0 saturated heterocycles. The number of nitro groups is 1. The Kier molecular flexibility index (Phi) is 2.32. The summed E-state index contributed by atoms with van der Waals surface area (Å²) in [6, 6.07) is 0. The predicted molar refractivity (Wildman–Crippen MR) is 49.8 cm³/mol. The van der Waals surface area contributed by atoms with Crippen molar-refractivity contribution < 1.29 is 4.92 Å². The van der Waals surface area contributed by atoms with Gasteiger partial charge in [-0.3, -0.25) is 0 Å². The molecule has 13 heavy (non-hydrogen) atoms. The van der Waals surface area contributed by atoms with E-state index in [1.54, 1.807) is 13.8 Å². The Morgan fingerprint density at radius 2 is 1.62 bits per heavy atom. The Hall–Kier alpha value is -1.45. The molecule has 0 aliphatic rings. The second-order valence-electron chi connectivity index (χ2n) is 3.15. The van der Waals surface area contributed by atoms with Gasteiger partial charge in [0.05, 0.1) is 0 Å². The highest BCUT2D eigenvalue weighted by Crippen LogP contribution is 2.22. The zero-order valence-electron chi connectivity index (χ0n) is 8.21. The molecule has 0 fully saturated rings. The molecule has 0 aliphatic heterocycles. The van der Waals surface area contributed by atoms with Gasteiger partial charge in [-0.25, -0.2) is 0 Å². The molecule has 0 aromatic carbocycles. The second kappa shape index (κ2) is 3.12. The van der Waals surface area contributed by atoms with Gasteiger partial charge in [0.15, 0.2) is 5.69 Å². The van der Waals surface area contributed by atoms with Crippen LogP contribution >= 0.6 is 0 Å².